The maximum Gasteiger partial charge on any atom is 0.293 e. The molecule has 1 aliphatic rings. The lowest BCUT2D eigenvalue weighted by Gasteiger charge is -2.39. The summed E-state index contributed by atoms with van der Waals surface area (Å²) in [6, 6.07) is 3.76. The molecule has 0 heterocycles. The van der Waals surface area contributed by atoms with Gasteiger partial charge in [-0.3, -0.25) is 10.1 Å². The first-order valence-electron chi connectivity index (χ1n) is 7.39. The second-order valence-electron chi connectivity index (χ2n) is 7.13. The molecule has 0 bridgehead atoms. The number of aryl methyl sites for hydroxylation is 1. The fourth-order valence-electron chi connectivity index (χ4n) is 3.61. The van der Waals surface area contributed by atoms with Crippen molar-refractivity contribution in [2.45, 2.75) is 53.0 Å². The van der Waals surface area contributed by atoms with Gasteiger partial charge in [-0.1, -0.05) is 36.7 Å². The third-order valence-corrected chi connectivity index (χ3v) is 5.07. The van der Waals surface area contributed by atoms with E-state index in [1.807, 2.05) is 13.0 Å². The first-order chi connectivity index (χ1) is 9.68. The standard InChI is InChI=1S/C16H23BrN2O2/c1-10-5-12(9-16(3,4)8-10)18-14-6-11(2)13(17)7-15(14)19(20)21/h6-7,10,12,18H,5,8-9H2,1-4H3. The average molecular weight is 355 g/mol. The van der Waals surface area contributed by atoms with Gasteiger partial charge in [0.05, 0.1) is 4.92 Å². The number of halogens is 1. The molecule has 0 radical (unpaired) electrons. The highest BCUT2D eigenvalue weighted by Crippen LogP contribution is 2.41. The zero-order valence-electron chi connectivity index (χ0n) is 13.1. The molecular formula is C16H23BrN2O2. The molecule has 4 nitrogen and oxygen atoms in total. The second kappa shape index (κ2) is 5.95. The number of rotatable bonds is 3. The molecule has 1 N–H and O–H groups in total. The normalized spacial score (nSPS) is 24.6. The molecule has 5 heteroatoms. The van der Waals surface area contributed by atoms with Crippen LogP contribution in [-0.4, -0.2) is 11.0 Å². The largest absolute Gasteiger partial charge is 0.377 e. The number of hydrogen-bond donors (Lipinski definition) is 1. The molecule has 21 heavy (non-hydrogen) atoms. The van der Waals surface area contributed by atoms with E-state index in [1.54, 1.807) is 6.07 Å². The SMILES string of the molecule is Cc1cc(NC2CC(C)CC(C)(C)C2)c([N+](=O)[O-])cc1Br. The van der Waals surface area contributed by atoms with E-state index < -0.39 is 0 Å². The van der Waals surface area contributed by atoms with Gasteiger partial charge in [-0.25, -0.2) is 0 Å². The monoisotopic (exact) mass is 354 g/mol. The molecule has 2 atom stereocenters. The molecule has 0 saturated heterocycles. The predicted molar refractivity (Wildman–Crippen MR) is 89.7 cm³/mol. The Morgan fingerprint density at radius 1 is 1.38 bits per heavy atom. The molecule has 2 unspecified atom stereocenters. The van der Waals surface area contributed by atoms with Crippen molar-refractivity contribution < 1.29 is 4.92 Å². The number of hydrogen-bond acceptors (Lipinski definition) is 3. The summed E-state index contributed by atoms with van der Waals surface area (Å²) in [4.78, 5) is 10.9. The van der Waals surface area contributed by atoms with Crippen molar-refractivity contribution in [3.05, 3.63) is 32.3 Å². The molecular weight excluding hydrogens is 332 g/mol. The number of benzene rings is 1. The van der Waals surface area contributed by atoms with Crippen molar-refractivity contribution in [3.8, 4) is 0 Å². The lowest BCUT2D eigenvalue weighted by molar-refractivity contribution is -0.384. The van der Waals surface area contributed by atoms with Gasteiger partial charge in [0.25, 0.3) is 5.69 Å². The van der Waals surface area contributed by atoms with Gasteiger partial charge < -0.3 is 5.32 Å². The fraction of sp³-hybridized carbons (Fsp3) is 0.625. The lowest BCUT2D eigenvalue weighted by Crippen LogP contribution is -2.35. The summed E-state index contributed by atoms with van der Waals surface area (Å²) in [7, 11) is 0. The Kier molecular flexibility index (Phi) is 4.61. The van der Waals surface area contributed by atoms with E-state index in [0.717, 1.165) is 22.9 Å². The van der Waals surface area contributed by atoms with Crippen molar-refractivity contribution in [3.63, 3.8) is 0 Å². The molecule has 1 aromatic carbocycles. The van der Waals surface area contributed by atoms with Crippen molar-refractivity contribution in [1.82, 2.24) is 0 Å². The maximum absolute atomic E-state index is 11.3. The zero-order chi connectivity index (χ0) is 15.8. The van der Waals surface area contributed by atoms with Crippen LogP contribution in [0.1, 0.15) is 45.6 Å². The molecule has 0 spiro atoms. The van der Waals surface area contributed by atoms with Crippen molar-refractivity contribution in [2.24, 2.45) is 11.3 Å². The Labute approximate surface area is 134 Å². The van der Waals surface area contributed by atoms with Crippen molar-refractivity contribution in [1.29, 1.82) is 0 Å². The Morgan fingerprint density at radius 3 is 2.62 bits per heavy atom. The van der Waals surface area contributed by atoms with E-state index in [4.69, 9.17) is 0 Å². The Hall–Kier alpha value is -1.10. The van der Waals surface area contributed by atoms with Crippen molar-refractivity contribution in [2.75, 3.05) is 5.32 Å². The van der Waals surface area contributed by atoms with Gasteiger partial charge in [0.1, 0.15) is 5.69 Å². The van der Waals surface area contributed by atoms with Gasteiger partial charge in [-0.2, -0.15) is 0 Å². The average Bonchev–Trinajstić information content (AvgIpc) is 2.30. The van der Waals surface area contributed by atoms with Crippen LogP contribution in [0.4, 0.5) is 11.4 Å². The summed E-state index contributed by atoms with van der Waals surface area (Å²) in [5, 5.41) is 14.7. The van der Waals surface area contributed by atoms with E-state index in [9.17, 15) is 10.1 Å². The molecule has 2 rings (SSSR count). The molecule has 1 aromatic rings. The molecule has 0 aliphatic heterocycles. The Bertz CT molecular complexity index is 557. The minimum absolute atomic E-state index is 0.142. The molecule has 1 aliphatic carbocycles. The number of anilines is 1. The van der Waals surface area contributed by atoms with E-state index in [2.05, 4.69) is 42.0 Å². The number of nitrogens with zero attached hydrogens (tertiary/aromatic N) is 1. The third-order valence-electron chi connectivity index (χ3n) is 4.22. The highest BCUT2D eigenvalue weighted by molar-refractivity contribution is 9.10. The van der Waals surface area contributed by atoms with Gasteiger partial charge in [0.15, 0.2) is 0 Å². The van der Waals surface area contributed by atoms with Crippen LogP contribution < -0.4 is 5.32 Å². The number of nitro groups is 1. The summed E-state index contributed by atoms with van der Waals surface area (Å²) < 4.78 is 0.775. The van der Waals surface area contributed by atoms with Crippen LogP contribution >= 0.6 is 15.9 Å². The minimum atomic E-state index is -0.316. The van der Waals surface area contributed by atoms with E-state index in [-0.39, 0.29) is 16.0 Å². The van der Waals surface area contributed by atoms with Gasteiger partial charge in [-0.15, -0.1) is 0 Å². The first kappa shape index (κ1) is 16.3. The topological polar surface area (TPSA) is 55.2 Å². The van der Waals surface area contributed by atoms with E-state index in [0.29, 0.717) is 17.6 Å². The number of nitro benzene ring substituents is 1. The molecule has 0 amide bonds. The Morgan fingerprint density at radius 2 is 2.05 bits per heavy atom. The molecule has 1 fully saturated rings. The van der Waals surface area contributed by atoms with Gasteiger partial charge in [0.2, 0.25) is 0 Å². The molecule has 1 saturated carbocycles. The fourth-order valence-corrected chi connectivity index (χ4v) is 3.94. The van der Waals surface area contributed by atoms with E-state index >= 15 is 0 Å². The summed E-state index contributed by atoms with van der Waals surface area (Å²) >= 11 is 3.37. The highest BCUT2D eigenvalue weighted by Gasteiger charge is 2.32. The Balaban J connectivity index is 2.26. The summed E-state index contributed by atoms with van der Waals surface area (Å²) in [5.74, 6) is 0.641. The summed E-state index contributed by atoms with van der Waals surface area (Å²) in [6.07, 6.45) is 3.33. The van der Waals surface area contributed by atoms with Crippen LogP contribution in [0.5, 0.6) is 0 Å². The van der Waals surface area contributed by atoms with Gasteiger partial charge in [0, 0.05) is 16.6 Å². The first-order valence-corrected chi connectivity index (χ1v) is 8.18. The van der Waals surface area contributed by atoms with Crippen molar-refractivity contribution >= 4 is 27.3 Å². The molecule has 0 aromatic heterocycles. The quantitative estimate of drug-likeness (QED) is 0.592. The van der Waals surface area contributed by atoms with Crippen LogP contribution in [0, 0.1) is 28.4 Å². The van der Waals surface area contributed by atoms with Crippen LogP contribution in [0.15, 0.2) is 16.6 Å². The van der Waals surface area contributed by atoms with Crippen LogP contribution in [0.2, 0.25) is 0 Å². The van der Waals surface area contributed by atoms with Crippen LogP contribution in [-0.2, 0) is 0 Å². The number of nitrogens with one attached hydrogen (secondary N) is 1. The maximum atomic E-state index is 11.3. The third kappa shape index (κ3) is 3.96. The predicted octanol–water partition coefficient (Wildman–Crippen LogP) is 5.29. The van der Waals surface area contributed by atoms with Crippen LogP contribution in [0.25, 0.3) is 0 Å². The molecule has 116 valence electrons. The summed E-state index contributed by atoms with van der Waals surface area (Å²) in [5.41, 5.74) is 2.07. The highest BCUT2D eigenvalue weighted by atomic mass is 79.9. The minimum Gasteiger partial charge on any atom is -0.377 e. The zero-order valence-corrected chi connectivity index (χ0v) is 14.7. The van der Waals surface area contributed by atoms with Crippen LogP contribution in [0.3, 0.4) is 0 Å². The lowest BCUT2D eigenvalue weighted by atomic mass is 9.70. The summed E-state index contributed by atoms with van der Waals surface area (Å²) in [6.45, 7) is 8.76. The second-order valence-corrected chi connectivity index (χ2v) is 7.98. The van der Waals surface area contributed by atoms with Gasteiger partial charge in [-0.05, 0) is 49.1 Å². The van der Waals surface area contributed by atoms with Gasteiger partial charge >= 0.3 is 0 Å². The van der Waals surface area contributed by atoms with E-state index in [1.165, 1.54) is 6.42 Å². The smallest absolute Gasteiger partial charge is 0.293 e.